The van der Waals surface area contributed by atoms with Crippen molar-refractivity contribution < 1.29 is 4.79 Å². The summed E-state index contributed by atoms with van der Waals surface area (Å²) < 4.78 is 0. The van der Waals surface area contributed by atoms with E-state index in [0.717, 1.165) is 16.8 Å². The van der Waals surface area contributed by atoms with Crippen LogP contribution in [0.15, 0.2) is 89.0 Å². The van der Waals surface area contributed by atoms with E-state index >= 15 is 0 Å². The Morgan fingerprint density at radius 3 is 2.08 bits per heavy atom. The summed E-state index contributed by atoms with van der Waals surface area (Å²) in [6.07, 6.45) is 3.39. The van der Waals surface area contributed by atoms with E-state index in [1.165, 1.54) is 0 Å². The second-order valence-electron chi connectivity index (χ2n) is 5.47. The van der Waals surface area contributed by atoms with Gasteiger partial charge in [0, 0.05) is 16.8 Å². The van der Waals surface area contributed by atoms with Gasteiger partial charge in [0.2, 0.25) is 0 Å². The lowest BCUT2D eigenvalue weighted by Crippen LogP contribution is -2.17. The Balaban J connectivity index is 1.57. The zero-order chi connectivity index (χ0) is 18.2. The van der Waals surface area contributed by atoms with Crippen LogP contribution in [0.3, 0.4) is 0 Å². The van der Waals surface area contributed by atoms with Gasteiger partial charge in [-0.05, 0) is 47.5 Å². The third-order valence-corrected chi connectivity index (χ3v) is 3.79. The molecular weight excluding hydrogens is 346 g/mol. The van der Waals surface area contributed by atoms with E-state index in [-0.39, 0.29) is 5.91 Å². The summed E-state index contributed by atoms with van der Waals surface area (Å²) in [5, 5.41) is 4.56. The van der Waals surface area contributed by atoms with E-state index in [1.807, 2.05) is 54.6 Å². The maximum absolute atomic E-state index is 11.9. The highest BCUT2D eigenvalue weighted by Crippen LogP contribution is 2.10. The van der Waals surface area contributed by atoms with Gasteiger partial charge in [-0.1, -0.05) is 54.1 Å². The summed E-state index contributed by atoms with van der Waals surface area (Å²) in [5.74, 6) is -0.287. The number of hydrazone groups is 1. The zero-order valence-corrected chi connectivity index (χ0v) is 14.6. The Hall–Kier alpha value is -3.24. The number of nitrogens with zero attached hydrogens (tertiary/aromatic N) is 2. The SMILES string of the molecule is O=C(N/N=C/c1ccc(C=Nc2ccccc2)cc1)c1ccc(Cl)cc1. The third kappa shape index (κ3) is 5.13. The zero-order valence-electron chi connectivity index (χ0n) is 13.8. The van der Waals surface area contributed by atoms with Crippen LogP contribution in [0, 0.1) is 0 Å². The van der Waals surface area contributed by atoms with E-state index in [2.05, 4.69) is 15.5 Å². The van der Waals surface area contributed by atoms with Gasteiger partial charge in [-0.3, -0.25) is 9.79 Å². The third-order valence-electron chi connectivity index (χ3n) is 3.54. The molecule has 128 valence electrons. The molecule has 0 aliphatic heterocycles. The van der Waals surface area contributed by atoms with Crippen molar-refractivity contribution in [1.82, 2.24) is 5.43 Å². The standard InChI is InChI=1S/C21H16ClN3O/c22-19-12-10-18(11-13-19)21(26)25-24-15-17-8-6-16(7-9-17)14-23-20-4-2-1-3-5-20/h1-15H,(H,25,26)/b23-14?,24-15+. The molecule has 0 radical (unpaired) electrons. The molecule has 3 aromatic rings. The number of para-hydroxylation sites is 1. The molecule has 26 heavy (non-hydrogen) atoms. The number of hydrogen-bond acceptors (Lipinski definition) is 3. The lowest BCUT2D eigenvalue weighted by Gasteiger charge is -2.00. The molecule has 1 N–H and O–H groups in total. The van der Waals surface area contributed by atoms with Gasteiger partial charge in [-0.2, -0.15) is 5.10 Å². The normalized spacial score (nSPS) is 11.1. The molecule has 1 amide bonds. The van der Waals surface area contributed by atoms with Crippen molar-refractivity contribution in [1.29, 1.82) is 0 Å². The lowest BCUT2D eigenvalue weighted by molar-refractivity contribution is 0.0955. The monoisotopic (exact) mass is 361 g/mol. The fourth-order valence-electron chi connectivity index (χ4n) is 2.16. The van der Waals surface area contributed by atoms with Crippen molar-refractivity contribution in [3.63, 3.8) is 0 Å². The van der Waals surface area contributed by atoms with Gasteiger partial charge in [-0.25, -0.2) is 5.43 Å². The van der Waals surface area contributed by atoms with Crippen molar-refractivity contribution in [2.45, 2.75) is 0 Å². The molecule has 0 aromatic heterocycles. The van der Waals surface area contributed by atoms with Crippen molar-refractivity contribution in [3.05, 3.63) is 101 Å². The number of rotatable bonds is 5. The van der Waals surface area contributed by atoms with Crippen LogP contribution in [0.2, 0.25) is 5.02 Å². The number of nitrogens with one attached hydrogen (secondary N) is 1. The molecule has 0 aliphatic carbocycles. The van der Waals surface area contributed by atoms with Gasteiger partial charge in [0.05, 0.1) is 11.9 Å². The molecule has 0 unspecified atom stereocenters. The summed E-state index contributed by atoms with van der Waals surface area (Å²) in [6.45, 7) is 0. The number of halogens is 1. The van der Waals surface area contributed by atoms with Crippen LogP contribution in [-0.2, 0) is 0 Å². The minimum atomic E-state index is -0.287. The molecule has 3 rings (SSSR count). The Morgan fingerprint density at radius 2 is 1.42 bits per heavy atom. The van der Waals surface area contributed by atoms with Crippen LogP contribution in [-0.4, -0.2) is 18.3 Å². The van der Waals surface area contributed by atoms with Gasteiger partial charge >= 0.3 is 0 Å². The van der Waals surface area contributed by atoms with Crippen molar-refractivity contribution in [2.24, 2.45) is 10.1 Å². The van der Waals surface area contributed by atoms with Crippen molar-refractivity contribution in [2.75, 3.05) is 0 Å². The molecule has 5 heteroatoms. The summed E-state index contributed by atoms with van der Waals surface area (Å²) in [6, 6.07) is 24.1. The maximum Gasteiger partial charge on any atom is 0.271 e. The molecule has 3 aromatic carbocycles. The molecule has 4 nitrogen and oxygen atoms in total. The highest BCUT2D eigenvalue weighted by Gasteiger charge is 2.02. The van der Waals surface area contributed by atoms with Crippen LogP contribution in [0.5, 0.6) is 0 Å². The quantitative estimate of drug-likeness (QED) is 0.512. The van der Waals surface area contributed by atoms with E-state index in [4.69, 9.17) is 11.6 Å². The Morgan fingerprint density at radius 1 is 0.808 bits per heavy atom. The summed E-state index contributed by atoms with van der Waals surface area (Å²) >= 11 is 5.80. The number of amides is 1. The first-order chi connectivity index (χ1) is 12.7. The summed E-state index contributed by atoms with van der Waals surface area (Å²) in [5.41, 5.74) is 5.75. The Bertz CT molecular complexity index is 918. The van der Waals surface area contributed by atoms with Crippen LogP contribution < -0.4 is 5.43 Å². The highest BCUT2D eigenvalue weighted by atomic mass is 35.5. The topological polar surface area (TPSA) is 53.8 Å². The minimum Gasteiger partial charge on any atom is -0.267 e. The number of aliphatic imine (C=N–C) groups is 1. The molecule has 0 atom stereocenters. The van der Waals surface area contributed by atoms with Gasteiger partial charge < -0.3 is 0 Å². The minimum absolute atomic E-state index is 0.287. The van der Waals surface area contributed by atoms with Crippen LogP contribution in [0.1, 0.15) is 21.5 Å². The molecule has 0 bridgehead atoms. The molecule has 0 aliphatic rings. The largest absolute Gasteiger partial charge is 0.271 e. The maximum atomic E-state index is 11.9. The van der Waals surface area contributed by atoms with Crippen LogP contribution >= 0.6 is 11.6 Å². The summed E-state index contributed by atoms with van der Waals surface area (Å²) in [4.78, 5) is 16.3. The predicted octanol–water partition coefficient (Wildman–Crippen LogP) is 4.85. The highest BCUT2D eigenvalue weighted by molar-refractivity contribution is 6.30. The Labute approximate surface area is 156 Å². The smallest absolute Gasteiger partial charge is 0.267 e. The molecule has 0 heterocycles. The van der Waals surface area contributed by atoms with Crippen LogP contribution in [0.25, 0.3) is 0 Å². The summed E-state index contributed by atoms with van der Waals surface area (Å²) in [7, 11) is 0. The Kier molecular flexibility index (Phi) is 5.91. The first-order valence-corrected chi connectivity index (χ1v) is 8.37. The average molecular weight is 362 g/mol. The van der Waals surface area contributed by atoms with E-state index < -0.39 is 0 Å². The fourth-order valence-corrected chi connectivity index (χ4v) is 2.29. The van der Waals surface area contributed by atoms with Gasteiger partial charge in [0.25, 0.3) is 5.91 Å². The molecular formula is C21H16ClN3O. The molecule has 0 spiro atoms. The second kappa shape index (κ2) is 8.74. The van der Waals surface area contributed by atoms with E-state index in [0.29, 0.717) is 10.6 Å². The first kappa shape index (κ1) is 17.6. The molecule has 0 saturated carbocycles. The number of carbonyl (C=O) groups is 1. The van der Waals surface area contributed by atoms with Gasteiger partial charge in [0.1, 0.15) is 0 Å². The number of hydrogen-bond donors (Lipinski definition) is 1. The van der Waals surface area contributed by atoms with Gasteiger partial charge in [0.15, 0.2) is 0 Å². The van der Waals surface area contributed by atoms with E-state index in [9.17, 15) is 4.79 Å². The average Bonchev–Trinajstić information content (AvgIpc) is 2.68. The second-order valence-corrected chi connectivity index (χ2v) is 5.90. The molecule has 0 fully saturated rings. The first-order valence-electron chi connectivity index (χ1n) is 7.99. The number of benzene rings is 3. The van der Waals surface area contributed by atoms with E-state index in [1.54, 1.807) is 36.7 Å². The van der Waals surface area contributed by atoms with Gasteiger partial charge in [-0.15, -0.1) is 0 Å². The van der Waals surface area contributed by atoms with Crippen LogP contribution in [0.4, 0.5) is 5.69 Å². The molecule has 0 saturated heterocycles. The van der Waals surface area contributed by atoms with Crippen molar-refractivity contribution >= 4 is 35.6 Å². The van der Waals surface area contributed by atoms with Crippen molar-refractivity contribution in [3.8, 4) is 0 Å². The predicted molar refractivity (Wildman–Crippen MR) is 107 cm³/mol. The fraction of sp³-hybridized carbons (Fsp3) is 0. The number of carbonyl (C=O) groups excluding carboxylic acids is 1. The lowest BCUT2D eigenvalue weighted by atomic mass is 10.1.